The number of amides is 1. The van der Waals surface area contributed by atoms with Crippen LogP contribution in [0.25, 0.3) is 0 Å². The van der Waals surface area contributed by atoms with Gasteiger partial charge in [-0.15, -0.1) is 0 Å². The SMILES string of the molecule is CC(C)NC(=O)CN1CCN(C(C)C(=O)O)CC1. The Morgan fingerprint density at radius 2 is 1.72 bits per heavy atom. The Labute approximate surface area is 108 Å². The molecule has 1 fully saturated rings. The number of carbonyl (C=O) groups excluding carboxylic acids is 1. The van der Waals surface area contributed by atoms with Crippen molar-refractivity contribution in [1.29, 1.82) is 0 Å². The molecule has 0 saturated carbocycles. The van der Waals surface area contributed by atoms with Crippen molar-refractivity contribution in [2.24, 2.45) is 0 Å². The summed E-state index contributed by atoms with van der Waals surface area (Å²) in [5, 5.41) is 11.8. The van der Waals surface area contributed by atoms with Crippen LogP contribution in [-0.4, -0.2) is 71.6 Å². The molecule has 1 heterocycles. The Kier molecular flexibility index (Phi) is 5.55. The molecular weight excluding hydrogens is 234 g/mol. The first kappa shape index (κ1) is 14.9. The van der Waals surface area contributed by atoms with Crippen LogP contribution >= 0.6 is 0 Å². The molecule has 0 aromatic carbocycles. The number of hydrogen-bond donors (Lipinski definition) is 2. The number of carboxylic acid groups (broad SMARTS) is 1. The molecule has 0 aliphatic carbocycles. The molecular formula is C12H23N3O3. The zero-order chi connectivity index (χ0) is 13.7. The Bertz CT molecular complexity index is 299. The van der Waals surface area contributed by atoms with Gasteiger partial charge in [-0.25, -0.2) is 0 Å². The number of hydrogen-bond acceptors (Lipinski definition) is 4. The van der Waals surface area contributed by atoms with Crippen LogP contribution in [-0.2, 0) is 9.59 Å². The van der Waals surface area contributed by atoms with Gasteiger partial charge in [-0.1, -0.05) is 0 Å². The van der Waals surface area contributed by atoms with Crippen LogP contribution in [0.5, 0.6) is 0 Å². The van der Waals surface area contributed by atoms with Gasteiger partial charge in [0.05, 0.1) is 6.54 Å². The maximum Gasteiger partial charge on any atom is 0.320 e. The highest BCUT2D eigenvalue weighted by Crippen LogP contribution is 2.06. The summed E-state index contributed by atoms with van der Waals surface area (Å²) in [5.74, 6) is -0.759. The first-order valence-electron chi connectivity index (χ1n) is 6.38. The Morgan fingerprint density at radius 3 is 2.17 bits per heavy atom. The van der Waals surface area contributed by atoms with Gasteiger partial charge in [-0.2, -0.15) is 0 Å². The Balaban J connectivity index is 2.31. The second kappa shape index (κ2) is 6.70. The van der Waals surface area contributed by atoms with Crippen LogP contribution in [0.1, 0.15) is 20.8 Å². The lowest BCUT2D eigenvalue weighted by molar-refractivity contribution is -0.143. The van der Waals surface area contributed by atoms with E-state index in [4.69, 9.17) is 5.11 Å². The van der Waals surface area contributed by atoms with Crippen LogP contribution in [0.2, 0.25) is 0 Å². The van der Waals surface area contributed by atoms with Crippen molar-refractivity contribution in [3.63, 3.8) is 0 Å². The van der Waals surface area contributed by atoms with Crippen LogP contribution < -0.4 is 5.32 Å². The van der Waals surface area contributed by atoms with Crippen molar-refractivity contribution in [3.05, 3.63) is 0 Å². The third-order valence-electron chi connectivity index (χ3n) is 3.13. The molecule has 0 aromatic heterocycles. The van der Waals surface area contributed by atoms with Gasteiger partial charge in [0, 0.05) is 32.2 Å². The van der Waals surface area contributed by atoms with Crippen LogP contribution in [0.15, 0.2) is 0 Å². The third kappa shape index (κ3) is 4.62. The molecule has 1 atom stereocenters. The molecule has 6 nitrogen and oxygen atoms in total. The first-order chi connectivity index (χ1) is 8.40. The lowest BCUT2D eigenvalue weighted by Gasteiger charge is -2.36. The number of rotatable bonds is 5. The second-order valence-corrected chi connectivity index (χ2v) is 5.05. The average Bonchev–Trinajstić information content (AvgIpc) is 2.27. The van der Waals surface area contributed by atoms with E-state index in [2.05, 4.69) is 10.2 Å². The molecule has 18 heavy (non-hydrogen) atoms. The van der Waals surface area contributed by atoms with E-state index in [-0.39, 0.29) is 11.9 Å². The minimum atomic E-state index is -0.791. The van der Waals surface area contributed by atoms with Crippen molar-refractivity contribution in [2.45, 2.75) is 32.9 Å². The van der Waals surface area contributed by atoms with E-state index in [1.165, 1.54) is 0 Å². The molecule has 0 aromatic rings. The van der Waals surface area contributed by atoms with Crippen LogP contribution in [0.4, 0.5) is 0 Å². The topological polar surface area (TPSA) is 72.9 Å². The zero-order valence-corrected chi connectivity index (χ0v) is 11.3. The summed E-state index contributed by atoms with van der Waals surface area (Å²) in [4.78, 5) is 26.4. The molecule has 1 aliphatic heterocycles. The number of aliphatic carboxylic acids is 1. The van der Waals surface area contributed by atoms with E-state index in [0.717, 1.165) is 13.1 Å². The van der Waals surface area contributed by atoms with Crippen LogP contribution in [0.3, 0.4) is 0 Å². The third-order valence-corrected chi connectivity index (χ3v) is 3.13. The fourth-order valence-electron chi connectivity index (χ4n) is 2.04. The van der Waals surface area contributed by atoms with E-state index in [1.807, 2.05) is 18.7 Å². The van der Waals surface area contributed by atoms with Gasteiger partial charge in [0.1, 0.15) is 6.04 Å². The van der Waals surface area contributed by atoms with E-state index in [9.17, 15) is 9.59 Å². The monoisotopic (exact) mass is 257 g/mol. The van der Waals surface area contributed by atoms with Gasteiger partial charge in [-0.3, -0.25) is 19.4 Å². The predicted molar refractivity (Wildman–Crippen MR) is 68.4 cm³/mol. The summed E-state index contributed by atoms with van der Waals surface area (Å²) in [6.45, 7) is 8.84. The minimum absolute atomic E-state index is 0.0322. The first-order valence-corrected chi connectivity index (χ1v) is 6.38. The van der Waals surface area contributed by atoms with E-state index in [1.54, 1.807) is 6.92 Å². The number of carbonyl (C=O) groups is 2. The molecule has 1 amide bonds. The van der Waals surface area contributed by atoms with Crippen molar-refractivity contribution in [2.75, 3.05) is 32.7 Å². The van der Waals surface area contributed by atoms with E-state index >= 15 is 0 Å². The molecule has 104 valence electrons. The number of piperazine rings is 1. The van der Waals surface area contributed by atoms with Crippen LogP contribution in [0, 0.1) is 0 Å². The number of carboxylic acids is 1. The molecule has 1 aliphatic rings. The van der Waals surface area contributed by atoms with Gasteiger partial charge in [-0.05, 0) is 20.8 Å². The summed E-state index contributed by atoms with van der Waals surface area (Å²) >= 11 is 0. The molecule has 1 saturated heterocycles. The Morgan fingerprint density at radius 1 is 1.17 bits per heavy atom. The highest BCUT2D eigenvalue weighted by atomic mass is 16.4. The van der Waals surface area contributed by atoms with E-state index in [0.29, 0.717) is 19.6 Å². The van der Waals surface area contributed by atoms with Gasteiger partial charge in [0.15, 0.2) is 0 Å². The lowest BCUT2D eigenvalue weighted by atomic mass is 10.2. The molecule has 2 N–H and O–H groups in total. The van der Waals surface area contributed by atoms with E-state index < -0.39 is 12.0 Å². The molecule has 6 heteroatoms. The number of nitrogens with one attached hydrogen (secondary N) is 1. The Hall–Kier alpha value is -1.14. The van der Waals surface area contributed by atoms with Gasteiger partial charge in [0.25, 0.3) is 0 Å². The summed E-state index contributed by atoms with van der Waals surface area (Å²) < 4.78 is 0. The average molecular weight is 257 g/mol. The quantitative estimate of drug-likeness (QED) is 0.701. The van der Waals surface area contributed by atoms with Crippen molar-refractivity contribution in [1.82, 2.24) is 15.1 Å². The fraction of sp³-hybridized carbons (Fsp3) is 0.833. The minimum Gasteiger partial charge on any atom is -0.480 e. The van der Waals surface area contributed by atoms with Crippen molar-refractivity contribution in [3.8, 4) is 0 Å². The molecule has 1 rings (SSSR count). The van der Waals surface area contributed by atoms with Gasteiger partial charge >= 0.3 is 5.97 Å². The van der Waals surface area contributed by atoms with Gasteiger partial charge in [0.2, 0.25) is 5.91 Å². The molecule has 0 radical (unpaired) electrons. The summed E-state index contributed by atoms with van der Waals surface area (Å²) in [6.07, 6.45) is 0. The summed E-state index contributed by atoms with van der Waals surface area (Å²) in [6, 6.07) is -0.289. The predicted octanol–water partition coefficient (Wildman–Crippen LogP) is -0.398. The molecule has 1 unspecified atom stereocenters. The normalized spacial score (nSPS) is 19.8. The second-order valence-electron chi connectivity index (χ2n) is 5.05. The summed E-state index contributed by atoms with van der Waals surface area (Å²) in [7, 11) is 0. The summed E-state index contributed by atoms with van der Waals surface area (Å²) in [5.41, 5.74) is 0. The maximum atomic E-state index is 11.6. The smallest absolute Gasteiger partial charge is 0.320 e. The number of nitrogens with zero attached hydrogens (tertiary/aromatic N) is 2. The van der Waals surface area contributed by atoms with Crippen molar-refractivity contribution >= 4 is 11.9 Å². The molecule has 0 bridgehead atoms. The standard InChI is InChI=1S/C12H23N3O3/c1-9(2)13-11(16)8-14-4-6-15(7-5-14)10(3)12(17)18/h9-10H,4-8H2,1-3H3,(H,13,16)(H,17,18). The highest BCUT2D eigenvalue weighted by molar-refractivity contribution is 5.78. The largest absolute Gasteiger partial charge is 0.480 e. The zero-order valence-electron chi connectivity index (χ0n) is 11.3. The fourth-order valence-corrected chi connectivity index (χ4v) is 2.04. The highest BCUT2D eigenvalue weighted by Gasteiger charge is 2.25. The molecule has 0 spiro atoms. The maximum absolute atomic E-state index is 11.6. The van der Waals surface area contributed by atoms with Gasteiger partial charge < -0.3 is 10.4 Å². The van der Waals surface area contributed by atoms with Crippen molar-refractivity contribution < 1.29 is 14.7 Å². The lowest BCUT2D eigenvalue weighted by Crippen LogP contribution is -2.53.